The van der Waals surface area contributed by atoms with Crippen molar-refractivity contribution < 1.29 is 4.79 Å². The summed E-state index contributed by atoms with van der Waals surface area (Å²) in [5.74, 6) is 0.557. The Labute approximate surface area is 129 Å². The van der Waals surface area contributed by atoms with Crippen molar-refractivity contribution in [2.45, 2.75) is 25.3 Å². The molecule has 112 valence electrons. The van der Waals surface area contributed by atoms with Gasteiger partial charge in [-0.1, -0.05) is 42.5 Å². The molecule has 2 aromatic rings. The number of allylic oxidation sites excluding steroid dienone is 2. The number of rotatable bonds is 2. The van der Waals surface area contributed by atoms with E-state index in [0.29, 0.717) is 6.54 Å². The van der Waals surface area contributed by atoms with E-state index in [0.717, 1.165) is 30.8 Å². The molecule has 1 amide bonds. The first-order chi connectivity index (χ1) is 10.8. The lowest BCUT2D eigenvalue weighted by atomic mass is 9.90. The predicted molar refractivity (Wildman–Crippen MR) is 84.2 cm³/mol. The maximum absolute atomic E-state index is 12.8. The molecular weight excluding hydrogens is 274 g/mol. The number of hydrogen-bond donors (Lipinski definition) is 1. The first-order valence-electron chi connectivity index (χ1n) is 7.84. The zero-order valence-corrected chi connectivity index (χ0v) is 12.4. The summed E-state index contributed by atoms with van der Waals surface area (Å²) in [6, 6.07) is 10.3. The fourth-order valence-corrected chi connectivity index (χ4v) is 3.51. The quantitative estimate of drug-likeness (QED) is 0.866. The molecule has 2 heterocycles. The van der Waals surface area contributed by atoms with Gasteiger partial charge in [-0.2, -0.15) is 0 Å². The highest BCUT2D eigenvalue weighted by Crippen LogP contribution is 2.33. The molecule has 1 aromatic heterocycles. The van der Waals surface area contributed by atoms with E-state index in [2.05, 4.69) is 34.3 Å². The lowest BCUT2D eigenvalue weighted by Gasteiger charge is -2.34. The molecule has 1 atom stereocenters. The third kappa shape index (κ3) is 2.25. The molecule has 0 saturated heterocycles. The van der Waals surface area contributed by atoms with Gasteiger partial charge in [-0.15, -0.1) is 0 Å². The zero-order valence-electron chi connectivity index (χ0n) is 12.4. The molecule has 0 fully saturated rings. The molecule has 2 aliphatic rings. The minimum absolute atomic E-state index is 0.126. The molecule has 22 heavy (non-hydrogen) atoms. The first-order valence-corrected chi connectivity index (χ1v) is 7.84. The molecule has 1 aromatic carbocycles. The van der Waals surface area contributed by atoms with E-state index >= 15 is 0 Å². The van der Waals surface area contributed by atoms with Gasteiger partial charge in [0, 0.05) is 18.4 Å². The Morgan fingerprint density at radius 2 is 1.95 bits per heavy atom. The van der Waals surface area contributed by atoms with Crippen molar-refractivity contribution in [1.29, 1.82) is 0 Å². The number of carbonyl (C=O) groups is 1. The van der Waals surface area contributed by atoms with Crippen LogP contribution in [0.3, 0.4) is 0 Å². The fraction of sp³-hybridized carbons (Fsp3) is 0.333. The predicted octanol–water partition coefficient (Wildman–Crippen LogP) is 2.85. The maximum atomic E-state index is 12.8. The number of nitrogens with zero attached hydrogens (tertiary/aromatic N) is 2. The number of imidazole rings is 1. The van der Waals surface area contributed by atoms with E-state index in [4.69, 9.17) is 0 Å². The van der Waals surface area contributed by atoms with Gasteiger partial charge >= 0.3 is 0 Å². The highest BCUT2D eigenvalue weighted by Gasteiger charge is 2.34. The molecule has 0 radical (unpaired) electrons. The molecule has 4 heteroatoms. The van der Waals surface area contributed by atoms with E-state index in [1.807, 2.05) is 23.1 Å². The average Bonchev–Trinajstić information content (AvgIpc) is 3.25. The molecule has 1 unspecified atom stereocenters. The van der Waals surface area contributed by atoms with E-state index in [9.17, 15) is 4.79 Å². The number of benzene rings is 1. The third-order valence-corrected chi connectivity index (χ3v) is 4.70. The molecule has 4 nitrogen and oxygen atoms in total. The SMILES string of the molecule is O=C(C1CC=CC1)N1Cc2[nH]cnc2C(c2ccccc2)C1. The van der Waals surface area contributed by atoms with Crippen LogP contribution >= 0.6 is 0 Å². The van der Waals surface area contributed by atoms with Crippen LogP contribution in [0.5, 0.6) is 0 Å². The van der Waals surface area contributed by atoms with Crippen molar-refractivity contribution in [3.05, 3.63) is 65.8 Å². The number of hydrogen-bond acceptors (Lipinski definition) is 2. The van der Waals surface area contributed by atoms with Crippen LogP contribution in [0.1, 0.15) is 35.7 Å². The minimum Gasteiger partial charge on any atom is -0.347 e. The van der Waals surface area contributed by atoms with Gasteiger partial charge in [-0.3, -0.25) is 4.79 Å². The van der Waals surface area contributed by atoms with Gasteiger partial charge in [0.05, 0.1) is 24.3 Å². The lowest BCUT2D eigenvalue weighted by Crippen LogP contribution is -2.41. The fourth-order valence-electron chi connectivity index (χ4n) is 3.51. The van der Waals surface area contributed by atoms with Gasteiger partial charge in [-0.05, 0) is 18.4 Å². The minimum atomic E-state index is 0.126. The zero-order chi connectivity index (χ0) is 14.9. The highest BCUT2D eigenvalue weighted by atomic mass is 16.2. The number of H-pyrrole nitrogens is 1. The van der Waals surface area contributed by atoms with Crippen molar-refractivity contribution in [3.63, 3.8) is 0 Å². The lowest BCUT2D eigenvalue weighted by molar-refractivity contribution is -0.136. The van der Waals surface area contributed by atoms with Gasteiger partial charge in [0.2, 0.25) is 5.91 Å². The number of aromatic amines is 1. The maximum Gasteiger partial charge on any atom is 0.226 e. The number of fused-ring (bicyclic) bond motifs is 1. The van der Waals surface area contributed by atoms with Crippen molar-refractivity contribution >= 4 is 5.91 Å². The second-order valence-electron chi connectivity index (χ2n) is 6.09. The standard InChI is InChI=1S/C18H19N3O/c22-18(14-8-4-5-9-14)21-10-15(13-6-2-1-3-7-13)17-16(11-21)19-12-20-17/h1-7,12,14-15H,8-11H2,(H,19,20). The van der Waals surface area contributed by atoms with E-state index < -0.39 is 0 Å². The van der Waals surface area contributed by atoms with Gasteiger partial charge in [0.1, 0.15) is 0 Å². The highest BCUT2D eigenvalue weighted by molar-refractivity contribution is 5.80. The molecule has 0 spiro atoms. The van der Waals surface area contributed by atoms with Gasteiger partial charge < -0.3 is 9.88 Å². The van der Waals surface area contributed by atoms with Gasteiger partial charge in [-0.25, -0.2) is 4.98 Å². The van der Waals surface area contributed by atoms with E-state index in [1.165, 1.54) is 5.56 Å². The van der Waals surface area contributed by atoms with Crippen LogP contribution in [-0.4, -0.2) is 27.3 Å². The molecule has 4 rings (SSSR count). The molecule has 1 aliphatic carbocycles. The topological polar surface area (TPSA) is 49.0 Å². The van der Waals surface area contributed by atoms with Crippen LogP contribution in [-0.2, 0) is 11.3 Å². The van der Waals surface area contributed by atoms with Crippen LogP contribution in [0.4, 0.5) is 0 Å². The van der Waals surface area contributed by atoms with Gasteiger partial charge in [0.25, 0.3) is 0 Å². The van der Waals surface area contributed by atoms with Crippen LogP contribution in [0.15, 0.2) is 48.8 Å². The normalized spacial score (nSPS) is 21.1. The Hall–Kier alpha value is -2.36. The summed E-state index contributed by atoms with van der Waals surface area (Å²) in [5, 5.41) is 0. The second-order valence-corrected chi connectivity index (χ2v) is 6.09. The van der Waals surface area contributed by atoms with Crippen molar-refractivity contribution in [3.8, 4) is 0 Å². The van der Waals surface area contributed by atoms with Crippen LogP contribution in [0.2, 0.25) is 0 Å². The van der Waals surface area contributed by atoms with Crippen molar-refractivity contribution in [2.24, 2.45) is 5.92 Å². The Morgan fingerprint density at radius 3 is 2.73 bits per heavy atom. The third-order valence-electron chi connectivity index (χ3n) is 4.70. The molecular formula is C18H19N3O. The number of amides is 1. The summed E-state index contributed by atoms with van der Waals surface area (Å²) in [6.45, 7) is 1.37. The summed E-state index contributed by atoms with van der Waals surface area (Å²) in [5.41, 5.74) is 3.37. The van der Waals surface area contributed by atoms with Crippen molar-refractivity contribution in [1.82, 2.24) is 14.9 Å². The number of nitrogens with one attached hydrogen (secondary N) is 1. The second kappa shape index (κ2) is 5.44. The summed E-state index contributed by atoms with van der Waals surface area (Å²) < 4.78 is 0. The Morgan fingerprint density at radius 1 is 1.18 bits per heavy atom. The molecule has 0 bridgehead atoms. The van der Waals surface area contributed by atoms with E-state index in [-0.39, 0.29) is 17.7 Å². The van der Waals surface area contributed by atoms with Crippen molar-refractivity contribution in [2.75, 3.05) is 6.54 Å². The molecule has 1 aliphatic heterocycles. The average molecular weight is 293 g/mol. The van der Waals surface area contributed by atoms with E-state index in [1.54, 1.807) is 6.33 Å². The summed E-state index contributed by atoms with van der Waals surface area (Å²) in [7, 11) is 0. The Kier molecular flexibility index (Phi) is 3.29. The smallest absolute Gasteiger partial charge is 0.226 e. The van der Waals surface area contributed by atoms with Crippen LogP contribution < -0.4 is 0 Å². The van der Waals surface area contributed by atoms with Crippen LogP contribution in [0, 0.1) is 5.92 Å². The number of aromatic nitrogens is 2. The molecule has 1 N–H and O–H groups in total. The monoisotopic (exact) mass is 293 g/mol. The largest absolute Gasteiger partial charge is 0.347 e. The summed E-state index contributed by atoms with van der Waals surface area (Å²) >= 11 is 0. The first kappa shape index (κ1) is 13.3. The Bertz CT molecular complexity index is 696. The summed E-state index contributed by atoms with van der Waals surface area (Å²) in [6.07, 6.45) is 7.72. The Balaban J connectivity index is 1.64. The van der Waals surface area contributed by atoms with Crippen LogP contribution in [0.25, 0.3) is 0 Å². The molecule has 0 saturated carbocycles. The van der Waals surface area contributed by atoms with Gasteiger partial charge in [0.15, 0.2) is 0 Å². The number of carbonyl (C=O) groups excluding carboxylic acids is 1. The summed E-state index contributed by atoms with van der Waals surface area (Å²) in [4.78, 5) is 22.5.